The van der Waals surface area contributed by atoms with Crippen LogP contribution in [-0.4, -0.2) is 4.98 Å². The second-order valence-corrected chi connectivity index (χ2v) is 7.28. The molecule has 0 aliphatic rings. The van der Waals surface area contributed by atoms with E-state index in [4.69, 9.17) is 0 Å². The molecule has 0 fully saturated rings. The summed E-state index contributed by atoms with van der Waals surface area (Å²) >= 11 is 1.83. The molecular weight excluding hydrogens is 336 g/mol. The number of hydrogen-bond donors (Lipinski definition) is 1. The molecule has 0 saturated heterocycles. The first-order chi connectivity index (χ1) is 12.9. The van der Waals surface area contributed by atoms with Crippen molar-refractivity contribution >= 4 is 42.9 Å². The van der Waals surface area contributed by atoms with Crippen LogP contribution < -0.4 is 5.32 Å². The topological polar surface area (TPSA) is 24.9 Å². The van der Waals surface area contributed by atoms with Crippen LogP contribution in [0.4, 0.5) is 11.4 Å². The summed E-state index contributed by atoms with van der Waals surface area (Å²) in [4.78, 5) is 4.58. The van der Waals surface area contributed by atoms with Crippen molar-refractivity contribution in [1.82, 2.24) is 4.98 Å². The Bertz CT molecular complexity index is 1190. The number of benzene rings is 3. The van der Waals surface area contributed by atoms with Crippen LogP contribution >= 0.6 is 11.3 Å². The van der Waals surface area contributed by atoms with Crippen molar-refractivity contribution in [2.45, 2.75) is 0 Å². The molecule has 2 nitrogen and oxygen atoms in total. The average molecular weight is 352 g/mol. The minimum Gasteiger partial charge on any atom is -0.355 e. The fourth-order valence-corrected chi connectivity index (χ4v) is 4.41. The number of para-hydroxylation sites is 1. The van der Waals surface area contributed by atoms with Gasteiger partial charge in [-0.2, -0.15) is 0 Å². The van der Waals surface area contributed by atoms with Crippen LogP contribution in [0.1, 0.15) is 0 Å². The van der Waals surface area contributed by atoms with E-state index in [0.29, 0.717) is 0 Å². The average Bonchev–Trinajstić information content (AvgIpc) is 3.06. The van der Waals surface area contributed by atoms with Gasteiger partial charge in [0.1, 0.15) is 0 Å². The number of pyridine rings is 1. The highest BCUT2D eigenvalue weighted by Crippen LogP contribution is 2.40. The Morgan fingerprint density at radius 2 is 1.50 bits per heavy atom. The molecule has 0 atom stereocenters. The molecule has 3 heteroatoms. The van der Waals surface area contributed by atoms with Crippen LogP contribution in [0, 0.1) is 0 Å². The summed E-state index contributed by atoms with van der Waals surface area (Å²) < 4.78 is 2.59. The molecule has 0 unspecified atom stereocenters. The summed E-state index contributed by atoms with van der Waals surface area (Å²) in [5.41, 5.74) is 4.24. The number of hydrogen-bond acceptors (Lipinski definition) is 3. The van der Waals surface area contributed by atoms with E-state index in [1.54, 1.807) is 0 Å². The Morgan fingerprint density at radius 1 is 0.692 bits per heavy atom. The molecule has 5 rings (SSSR count). The lowest BCUT2D eigenvalue weighted by molar-refractivity contribution is 1.33. The maximum Gasteiger partial charge on any atom is 0.0723 e. The smallest absolute Gasteiger partial charge is 0.0723 e. The summed E-state index contributed by atoms with van der Waals surface area (Å²) in [6, 6.07) is 29.4. The van der Waals surface area contributed by atoms with Gasteiger partial charge in [0.2, 0.25) is 0 Å². The molecular formula is C23H16N2S. The van der Waals surface area contributed by atoms with E-state index in [1.165, 1.54) is 20.2 Å². The van der Waals surface area contributed by atoms with Gasteiger partial charge >= 0.3 is 0 Å². The molecule has 5 aromatic rings. The lowest BCUT2D eigenvalue weighted by atomic mass is 10.0. The zero-order valence-corrected chi connectivity index (χ0v) is 14.8. The van der Waals surface area contributed by atoms with Crippen LogP contribution in [0.25, 0.3) is 31.4 Å². The fraction of sp³-hybridized carbons (Fsp3) is 0. The van der Waals surface area contributed by atoms with Gasteiger partial charge in [-0.15, -0.1) is 11.3 Å². The number of nitrogens with one attached hydrogen (secondary N) is 1. The second-order valence-electron chi connectivity index (χ2n) is 6.20. The van der Waals surface area contributed by atoms with Crippen LogP contribution in [0.5, 0.6) is 0 Å². The number of nitrogens with zero attached hydrogens (tertiary/aromatic N) is 1. The van der Waals surface area contributed by atoms with Crippen molar-refractivity contribution < 1.29 is 0 Å². The van der Waals surface area contributed by atoms with Crippen molar-refractivity contribution in [3.63, 3.8) is 0 Å². The zero-order valence-electron chi connectivity index (χ0n) is 14.0. The minimum absolute atomic E-state index is 0.977. The highest BCUT2D eigenvalue weighted by atomic mass is 32.1. The summed E-state index contributed by atoms with van der Waals surface area (Å²) in [5.74, 6) is 0. The first-order valence-corrected chi connectivity index (χ1v) is 9.39. The van der Waals surface area contributed by atoms with Gasteiger partial charge in [-0.3, -0.25) is 4.98 Å². The maximum absolute atomic E-state index is 4.58. The monoisotopic (exact) mass is 352 g/mol. The summed E-state index contributed by atoms with van der Waals surface area (Å²) in [7, 11) is 0. The van der Waals surface area contributed by atoms with E-state index in [-0.39, 0.29) is 0 Å². The predicted octanol–water partition coefficient (Wildman–Crippen LogP) is 6.86. The third-order valence-corrected chi connectivity index (χ3v) is 5.64. The predicted molar refractivity (Wildman–Crippen MR) is 112 cm³/mol. The second kappa shape index (κ2) is 6.28. The normalized spacial score (nSPS) is 11.1. The SMILES string of the molecule is c1ccc(Nc2cc3c(cc2-c2ccccn2)sc2ccccc23)cc1. The summed E-state index contributed by atoms with van der Waals surface area (Å²) in [5, 5.41) is 6.17. The molecule has 0 aliphatic heterocycles. The van der Waals surface area contributed by atoms with E-state index in [2.05, 4.69) is 64.9 Å². The number of anilines is 2. The molecule has 1 N–H and O–H groups in total. The van der Waals surface area contributed by atoms with Crippen LogP contribution in [0.15, 0.2) is 91.1 Å². The molecule has 0 spiro atoms. The van der Waals surface area contributed by atoms with Gasteiger partial charge in [0.05, 0.1) is 5.69 Å². The Morgan fingerprint density at radius 3 is 2.35 bits per heavy atom. The third kappa shape index (κ3) is 2.63. The highest BCUT2D eigenvalue weighted by molar-refractivity contribution is 7.25. The molecule has 26 heavy (non-hydrogen) atoms. The van der Waals surface area contributed by atoms with Gasteiger partial charge in [0.25, 0.3) is 0 Å². The molecule has 0 saturated carbocycles. The Labute approximate surface area is 155 Å². The van der Waals surface area contributed by atoms with Gasteiger partial charge in [-0.1, -0.05) is 42.5 Å². The van der Waals surface area contributed by atoms with Crippen molar-refractivity contribution in [3.8, 4) is 11.3 Å². The molecule has 2 aromatic heterocycles. The largest absolute Gasteiger partial charge is 0.355 e. The molecule has 3 aromatic carbocycles. The quantitative estimate of drug-likeness (QED) is 0.383. The molecule has 0 bridgehead atoms. The van der Waals surface area contributed by atoms with Crippen molar-refractivity contribution in [1.29, 1.82) is 0 Å². The molecule has 2 heterocycles. The van der Waals surface area contributed by atoms with Gasteiger partial charge in [-0.25, -0.2) is 0 Å². The van der Waals surface area contributed by atoms with E-state index < -0.39 is 0 Å². The third-order valence-electron chi connectivity index (χ3n) is 4.51. The molecule has 124 valence electrons. The zero-order chi connectivity index (χ0) is 17.3. The standard InChI is InChI=1S/C23H16N2S/c1-2-8-16(9-3-1)25-21-14-18-17-10-4-5-12-22(17)26-23(18)15-19(21)20-11-6-7-13-24-20/h1-15,25H. The lowest BCUT2D eigenvalue weighted by Crippen LogP contribution is -1.94. The first kappa shape index (κ1) is 15.1. The molecule has 0 radical (unpaired) electrons. The Hall–Kier alpha value is -3.17. The van der Waals surface area contributed by atoms with Crippen LogP contribution in [-0.2, 0) is 0 Å². The summed E-state index contributed by atoms with van der Waals surface area (Å²) in [6.45, 7) is 0. The van der Waals surface area contributed by atoms with Crippen LogP contribution in [0.3, 0.4) is 0 Å². The highest BCUT2D eigenvalue weighted by Gasteiger charge is 2.12. The first-order valence-electron chi connectivity index (χ1n) is 8.57. The van der Waals surface area contributed by atoms with Gasteiger partial charge in [-0.05, 0) is 42.5 Å². The van der Waals surface area contributed by atoms with E-state index in [1.807, 2.05) is 47.9 Å². The van der Waals surface area contributed by atoms with E-state index in [0.717, 1.165) is 22.6 Å². The van der Waals surface area contributed by atoms with Crippen molar-refractivity contribution in [2.24, 2.45) is 0 Å². The van der Waals surface area contributed by atoms with Crippen LogP contribution in [0.2, 0.25) is 0 Å². The van der Waals surface area contributed by atoms with Crippen molar-refractivity contribution in [2.75, 3.05) is 5.32 Å². The number of thiophene rings is 1. The fourth-order valence-electron chi connectivity index (χ4n) is 3.29. The van der Waals surface area contributed by atoms with Gasteiger partial charge < -0.3 is 5.32 Å². The lowest BCUT2D eigenvalue weighted by Gasteiger charge is -2.12. The Balaban J connectivity index is 1.77. The summed E-state index contributed by atoms with van der Waals surface area (Å²) in [6.07, 6.45) is 1.84. The number of rotatable bonds is 3. The minimum atomic E-state index is 0.977. The van der Waals surface area contributed by atoms with Crippen molar-refractivity contribution in [3.05, 3.63) is 91.1 Å². The molecule has 0 amide bonds. The van der Waals surface area contributed by atoms with E-state index >= 15 is 0 Å². The Kier molecular flexibility index (Phi) is 3.65. The van der Waals surface area contributed by atoms with Gasteiger partial charge in [0, 0.05) is 43.3 Å². The molecule has 0 aliphatic carbocycles. The van der Waals surface area contributed by atoms with E-state index in [9.17, 15) is 0 Å². The number of aromatic nitrogens is 1. The van der Waals surface area contributed by atoms with Gasteiger partial charge in [0.15, 0.2) is 0 Å². The maximum atomic E-state index is 4.58. The number of fused-ring (bicyclic) bond motifs is 3.